The summed E-state index contributed by atoms with van der Waals surface area (Å²) in [4.78, 5) is 3.70. The monoisotopic (exact) mass is 187 g/mol. The highest BCUT2D eigenvalue weighted by atomic mass is 28.3. The van der Waals surface area contributed by atoms with Crippen molar-refractivity contribution in [1.29, 1.82) is 0 Å². The van der Waals surface area contributed by atoms with Crippen LogP contribution >= 0.6 is 0 Å². The molecule has 0 unspecified atom stereocenters. The van der Waals surface area contributed by atoms with Gasteiger partial charge in [0, 0.05) is 0 Å². The molecule has 74 valence electrons. The summed E-state index contributed by atoms with van der Waals surface area (Å²) in [5.41, 5.74) is 0. The molecule has 0 bridgehead atoms. The second-order valence-electron chi connectivity index (χ2n) is 5.72. The molecule has 0 spiro atoms. The second kappa shape index (κ2) is 3.92. The van der Waals surface area contributed by atoms with E-state index in [1.54, 1.807) is 0 Å². The van der Waals surface area contributed by atoms with Crippen molar-refractivity contribution >= 4 is 8.96 Å². The van der Waals surface area contributed by atoms with E-state index >= 15 is 0 Å². The van der Waals surface area contributed by atoms with Crippen LogP contribution in [-0.4, -0.2) is 15.5 Å². The Balaban J connectivity index is 4.45. The maximum absolute atomic E-state index is 3.70. The fourth-order valence-electron chi connectivity index (χ4n) is 2.12. The second-order valence-corrected chi connectivity index (χ2v) is 10.5. The Morgan fingerprint density at radius 1 is 0.917 bits per heavy atom. The van der Waals surface area contributed by atoms with Crippen LogP contribution in [0.2, 0.25) is 10.1 Å². The summed E-state index contributed by atoms with van der Waals surface area (Å²) in [5.74, 6) is 0. The zero-order valence-electron chi connectivity index (χ0n) is 9.78. The topological polar surface area (TPSA) is 12.0 Å². The van der Waals surface area contributed by atoms with Crippen molar-refractivity contribution in [2.24, 2.45) is 0 Å². The Morgan fingerprint density at radius 2 is 1.25 bits per heavy atom. The predicted octanol–water partition coefficient (Wildman–Crippen LogP) is 2.92. The number of rotatable bonds is 2. The minimum atomic E-state index is -0.860. The highest BCUT2D eigenvalue weighted by Gasteiger charge is 2.35. The van der Waals surface area contributed by atoms with Crippen LogP contribution in [0.15, 0.2) is 0 Å². The lowest BCUT2D eigenvalue weighted by atomic mass is 10.2. The van der Waals surface area contributed by atoms with Gasteiger partial charge in [-0.3, -0.25) is 0 Å². The van der Waals surface area contributed by atoms with Gasteiger partial charge in [-0.2, -0.15) is 0 Å². The van der Waals surface area contributed by atoms with Gasteiger partial charge in [0.15, 0.2) is 0 Å². The molecule has 0 aliphatic heterocycles. The van der Waals surface area contributed by atoms with Crippen molar-refractivity contribution in [2.45, 2.75) is 58.5 Å². The van der Waals surface area contributed by atoms with Gasteiger partial charge in [0.1, 0.15) is 8.96 Å². The first-order valence-electron chi connectivity index (χ1n) is 4.93. The van der Waals surface area contributed by atoms with Crippen LogP contribution in [0.25, 0.3) is 0 Å². The van der Waals surface area contributed by atoms with Gasteiger partial charge in [-0.1, -0.05) is 48.5 Å². The Hall–Kier alpha value is 0.177. The van der Waals surface area contributed by atoms with Crippen LogP contribution in [0.3, 0.4) is 0 Å². The molecule has 0 aromatic heterocycles. The third-order valence-corrected chi connectivity index (χ3v) is 6.42. The average Bonchev–Trinajstić information content (AvgIpc) is 1.77. The number of nitrogens with one attached hydrogen (secondary N) is 1. The molecule has 0 fully saturated rings. The largest absolute Gasteiger partial charge is 0.339 e. The Bertz CT molecular complexity index is 116. The molecular weight excluding hydrogens is 162 g/mol. The van der Waals surface area contributed by atoms with Gasteiger partial charge < -0.3 is 4.98 Å². The third-order valence-electron chi connectivity index (χ3n) is 2.14. The highest BCUT2D eigenvalue weighted by Crippen LogP contribution is 2.39. The van der Waals surface area contributed by atoms with E-state index in [1.807, 2.05) is 0 Å². The summed E-state index contributed by atoms with van der Waals surface area (Å²) in [5, 5.41) is 0.961. The molecule has 0 heterocycles. The molecule has 2 heteroatoms. The van der Waals surface area contributed by atoms with Gasteiger partial charge in [-0.15, -0.1) is 0 Å². The Kier molecular flexibility index (Phi) is 3.98. The first-order chi connectivity index (χ1) is 5.19. The summed E-state index contributed by atoms with van der Waals surface area (Å²) < 4.78 is 0. The van der Waals surface area contributed by atoms with Crippen LogP contribution < -0.4 is 4.98 Å². The fraction of sp³-hybridized carbons (Fsp3) is 1.00. The zero-order valence-corrected chi connectivity index (χ0v) is 10.9. The van der Waals surface area contributed by atoms with Crippen molar-refractivity contribution in [2.75, 3.05) is 6.54 Å². The summed E-state index contributed by atoms with van der Waals surface area (Å²) in [7, 11) is -0.860. The molecule has 1 nitrogen and oxygen atoms in total. The molecule has 0 saturated carbocycles. The number of hydrogen-bond acceptors (Lipinski definition) is 1. The average molecular weight is 187 g/mol. The highest BCUT2D eigenvalue weighted by molar-refractivity contribution is 6.62. The quantitative estimate of drug-likeness (QED) is 0.656. The standard InChI is InChI=1S/C10H25NSi/c1-8-11-12(9(2,3)4)10(5,6)7/h11-12H,8H2,1-7H3. The molecule has 0 aromatic rings. The molecule has 1 N–H and O–H groups in total. The van der Waals surface area contributed by atoms with E-state index in [0.717, 1.165) is 6.54 Å². The third kappa shape index (κ3) is 3.72. The molecule has 12 heavy (non-hydrogen) atoms. The fourth-order valence-corrected chi connectivity index (χ4v) is 6.35. The molecule has 0 rings (SSSR count). The van der Waals surface area contributed by atoms with Crippen LogP contribution in [0.1, 0.15) is 48.5 Å². The SMILES string of the molecule is CCN[SiH](C(C)(C)C)C(C)(C)C. The maximum Gasteiger partial charge on any atom is 0.119 e. The van der Waals surface area contributed by atoms with Gasteiger partial charge in [0.05, 0.1) is 0 Å². The Morgan fingerprint density at radius 3 is 1.33 bits per heavy atom. The van der Waals surface area contributed by atoms with E-state index in [1.165, 1.54) is 0 Å². The van der Waals surface area contributed by atoms with Gasteiger partial charge >= 0.3 is 0 Å². The van der Waals surface area contributed by atoms with Gasteiger partial charge in [0.2, 0.25) is 0 Å². The predicted molar refractivity (Wildman–Crippen MR) is 60.3 cm³/mol. The summed E-state index contributed by atoms with van der Waals surface area (Å²) >= 11 is 0. The van der Waals surface area contributed by atoms with E-state index in [-0.39, 0.29) is 0 Å². The summed E-state index contributed by atoms with van der Waals surface area (Å²) in [6.07, 6.45) is 0. The van der Waals surface area contributed by atoms with Crippen LogP contribution in [0.4, 0.5) is 0 Å². The van der Waals surface area contributed by atoms with Gasteiger partial charge in [0.25, 0.3) is 0 Å². The van der Waals surface area contributed by atoms with E-state index < -0.39 is 8.96 Å². The van der Waals surface area contributed by atoms with E-state index in [2.05, 4.69) is 53.4 Å². The molecule has 0 atom stereocenters. The van der Waals surface area contributed by atoms with E-state index in [4.69, 9.17) is 0 Å². The lowest BCUT2D eigenvalue weighted by Crippen LogP contribution is -2.48. The normalized spacial score (nSPS) is 14.0. The minimum absolute atomic E-state index is 0.480. The maximum atomic E-state index is 3.70. The van der Waals surface area contributed by atoms with Gasteiger partial charge in [-0.05, 0) is 16.6 Å². The van der Waals surface area contributed by atoms with Crippen molar-refractivity contribution < 1.29 is 0 Å². The number of hydrogen-bond donors (Lipinski definition) is 1. The van der Waals surface area contributed by atoms with Gasteiger partial charge in [-0.25, -0.2) is 0 Å². The lowest BCUT2D eigenvalue weighted by molar-refractivity contribution is 0.615. The van der Waals surface area contributed by atoms with Crippen molar-refractivity contribution in [1.82, 2.24) is 4.98 Å². The molecular formula is C10H25NSi. The molecule has 0 aliphatic rings. The van der Waals surface area contributed by atoms with Crippen LogP contribution in [0, 0.1) is 0 Å². The molecule has 0 aromatic carbocycles. The van der Waals surface area contributed by atoms with Crippen LogP contribution in [0.5, 0.6) is 0 Å². The van der Waals surface area contributed by atoms with Crippen molar-refractivity contribution in [3.8, 4) is 0 Å². The first-order valence-corrected chi connectivity index (χ1v) is 6.66. The molecule has 0 amide bonds. The van der Waals surface area contributed by atoms with Crippen LogP contribution in [-0.2, 0) is 0 Å². The molecule has 0 aliphatic carbocycles. The summed E-state index contributed by atoms with van der Waals surface area (Å²) in [6, 6.07) is 0. The van der Waals surface area contributed by atoms with Crippen molar-refractivity contribution in [3.05, 3.63) is 0 Å². The minimum Gasteiger partial charge on any atom is -0.339 e. The zero-order chi connectivity index (χ0) is 9.99. The van der Waals surface area contributed by atoms with E-state index in [9.17, 15) is 0 Å². The Labute approximate surface area is 79.6 Å². The molecule has 0 radical (unpaired) electrons. The summed E-state index contributed by atoms with van der Waals surface area (Å²) in [6.45, 7) is 17.5. The molecule has 0 saturated heterocycles. The first kappa shape index (κ1) is 12.2. The van der Waals surface area contributed by atoms with Crippen molar-refractivity contribution in [3.63, 3.8) is 0 Å². The lowest BCUT2D eigenvalue weighted by Gasteiger charge is -2.39. The smallest absolute Gasteiger partial charge is 0.119 e. The van der Waals surface area contributed by atoms with E-state index in [0.29, 0.717) is 10.1 Å².